The number of aldehydes is 1. The minimum atomic E-state index is 0.819. The molecule has 1 rings (SSSR count). The van der Waals surface area contributed by atoms with E-state index in [1.807, 2.05) is 6.08 Å². The van der Waals surface area contributed by atoms with Crippen molar-refractivity contribution in [3.63, 3.8) is 0 Å². The summed E-state index contributed by atoms with van der Waals surface area (Å²) in [4.78, 5) is 9.93. The summed E-state index contributed by atoms with van der Waals surface area (Å²) in [6, 6.07) is 0. The van der Waals surface area contributed by atoms with Gasteiger partial charge in [0, 0.05) is 0 Å². The molecule has 0 aromatic rings. The molecular formula is C10H14O. The van der Waals surface area contributed by atoms with E-state index >= 15 is 0 Å². The van der Waals surface area contributed by atoms with Crippen molar-refractivity contribution >= 4 is 6.29 Å². The molecule has 1 saturated carbocycles. The fraction of sp³-hybridized carbons (Fsp3) is 0.500. The van der Waals surface area contributed by atoms with Gasteiger partial charge in [-0.2, -0.15) is 0 Å². The molecule has 0 radical (unpaired) electrons. The zero-order valence-corrected chi connectivity index (χ0v) is 6.75. The molecule has 0 bridgehead atoms. The fourth-order valence-corrected chi connectivity index (χ4v) is 1.41. The number of allylic oxidation sites excluding steroid dienone is 4. The second-order valence-corrected chi connectivity index (χ2v) is 2.91. The van der Waals surface area contributed by atoms with Gasteiger partial charge in [0.25, 0.3) is 0 Å². The van der Waals surface area contributed by atoms with Crippen LogP contribution >= 0.6 is 0 Å². The van der Waals surface area contributed by atoms with Crippen molar-refractivity contribution in [2.24, 2.45) is 0 Å². The van der Waals surface area contributed by atoms with Crippen molar-refractivity contribution in [3.05, 3.63) is 23.8 Å². The molecule has 0 saturated heterocycles. The van der Waals surface area contributed by atoms with Crippen LogP contribution in [-0.2, 0) is 4.79 Å². The molecule has 0 unspecified atom stereocenters. The average Bonchev–Trinajstić information content (AvgIpc) is 2.07. The second kappa shape index (κ2) is 4.89. The van der Waals surface area contributed by atoms with Gasteiger partial charge in [0.15, 0.2) is 0 Å². The SMILES string of the molecule is O=C/C=C/C=C1CCCCC1. The van der Waals surface area contributed by atoms with E-state index in [9.17, 15) is 4.79 Å². The lowest BCUT2D eigenvalue weighted by Gasteiger charge is -2.11. The maximum absolute atomic E-state index is 9.93. The number of hydrogen-bond donors (Lipinski definition) is 0. The van der Waals surface area contributed by atoms with Crippen LogP contribution in [0.25, 0.3) is 0 Å². The Bertz CT molecular complexity index is 169. The molecule has 0 aromatic carbocycles. The van der Waals surface area contributed by atoms with E-state index in [2.05, 4.69) is 6.08 Å². The molecule has 0 N–H and O–H groups in total. The second-order valence-electron chi connectivity index (χ2n) is 2.91. The highest BCUT2D eigenvalue weighted by molar-refractivity contribution is 5.65. The molecule has 0 aliphatic heterocycles. The smallest absolute Gasteiger partial charge is 0.142 e. The van der Waals surface area contributed by atoms with Crippen molar-refractivity contribution in [2.75, 3.05) is 0 Å². The topological polar surface area (TPSA) is 17.1 Å². The molecule has 1 fully saturated rings. The molecule has 0 spiro atoms. The van der Waals surface area contributed by atoms with Crippen molar-refractivity contribution in [3.8, 4) is 0 Å². The summed E-state index contributed by atoms with van der Waals surface area (Å²) in [6.07, 6.45) is 12.7. The lowest BCUT2D eigenvalue weighted by atomic mass is 9.95. The van der Waals surface area contributed by atoms with Gasteiger partial charge in [0.1, 0.15) is 6.29 Å². The molecule has 1 heteroatoms. The number of carbonyl (C=O) groups is 1. The van der Waals surface area contributed by atoms with E-state index in [1.165, 1.54) is 37.7 Å². The molecule has 0 heterocycles. The molecular weight excluding hydrogens is 136 g/mol. The Morgan fingerprint density at radius 1 is 1.00 bits per heavy atom. The molecule has 11 heavy (non-hydrogen) atoms. The molecule has 0 aromatic heterocycles. The summed E-state index contributed by atoms with van der Waals surface area (Å²) in [5.41, 5.74) is 1.49. The van der Waals surface area contributed by atoms with Gasteiger partial charge < -0.3 is 0 Å². The van der Waals surface area contributed by atoms with E-state index in [0.717, 1.165) is 6.29 Å². The first-order valence-electron chi connectivity index (χ1n) is 4.23. The summed E-state index contributed by atoms with van der Waals surface area (Å²) < 4.78 is 0. The normalized spacial score (nSPS) is 18.7. The lowest BCUT2D eigenvalue weighted by molar-refractivity contribution is -0.104. The van der Waals surface area contributed by atoms with Crippen molar-refractivity contribution in [1.82, 2.24) is 0 Å². The Kier molecular flexibility index (Phi) is 3.67. The number of rotatable bonds is 2. The maximum Gasteiger partial charge on any atom is 0.142 e. The zero-order chi connectivity index (χ0) is 7.94. The van der Waals surface area contributed by atoms with Crippen molar-refractivity contribution in [1.29, 1.82) is 0 Å². The highest BCUT2D eigenvalue weighted by atomic mass is 16.1. The van der Waals surface area contributed by atoms with Gasteiger partial charge in [0.2, 0.25) is 0 Å². The Morgan fingerprint density at radius 3 is 2.36 bits per heavy atom. The lowest BCUT2D eigenvalue weighted by Crippen LogP contribution is -1.92. The third-order valence-corrected chi connectivity index (χ3v) is 2.02. The number of hydrogen-bond acceptors (Lipinski definition) is 1. The first-order valence-corrected chi connectivity index (χ1v) is 4.23. The van der Waals surface area contributed by atoms with Crippen molar-refractivity contribution < 1.29 is 4.79 Å². The van der Waals surface area contributed by atoms with E-state index < -0.39 is 0 Å². The predicted molar refractivity (Wildman–Crippen MR) is 46.4 cm³/mol. The van der Waals surface area contributed by atoms with E-state index in [0.29, 0.717) is 0 Å². The quantitative estimate of drug-likeness (QED) is 0.437. The largest absolute Gasteiger partial charge is 0.299 e. The van der Waals surface area contributed by atoms with Crippen LogP contribution in [0.3, 0.4) is 0 Å². The van der Waals surface area contributed by atoms with Gasteiger partial charge in [-0.15, -0.1) is 0 Å². The molecule has 0 amide bonds. The van der Waals surface area contributed by atoms with Crippen molar-refractivity contribution in [2.45, 2.75) is 32.1 Å². The summed E-state index contributed by atoms with van der Waals surface area (Å²) in [5.74, 6) is 0. The molecule has 60 valence electrons. The molecule has 1 aliphatic rings. The molecule has 1 aliphatic carbocycles. The zero-order valence-electron chi connectivity index (χ0n) is 6.75. The Labute approximate surface area is 67.8 Å². The Balaban J connectivity index is 2.37. The van der Waals surface area contributed by atoms with Gasteiger partial charge in [-0.05, 0) is 31.8 Å². The highest BCUT2D eigenvalue weighted by Crippen LogP contribution is 2.22. The Hall–Kier alpha value is -0.850. The van der Waals surface area contributed by atoms with Gasteiger partial charge in [-0.3, -0.25) is 4.79 Å². The maximum atomic E-state index is 9.93. The molecule has 1 nitrogen and oxygen atoms in total. The summed E-state index contributed by atoms with van der Waals surface area (Å²) >= 11 is 0. The number of carbonyl (C=O) groups excluding carboxylic acids is 1. The molecule has 0 atom stereocenters. The first-order chi connectivity index (χ1) is 5.43. The van der Waals surface area contributed by atoms with E-state index in [-0.39, 0.29) is 0 Å². The minimum Gasteiger partial charge on any atom is -0.299 e. The fourth-order valence-electron chi connectivity index (χ4n) is 1.41. The van der Waals surface area contributed by atoms with Crippen LogP contribution in [0, 0.1) is 0 Å². The van der Waals surface area contributed by atoms with E-state index in [1.54, 1.807) is 6.08 Å². The minimum absolute atomic E-state index is 0.819. The van der Waals surface area contributed by atoms with Gasteiger partial charge in [0.05, 0.1) is 0 Å². The highest BCUT2D eigenvalue weighted by Gasteiger charge is 2.02. The van der Waals surface area contributed by atoms with Crippen LogP contribution < -0.4 is 0 Å². The van der Waals surface area contributed by atoms with Gasteiger partial charge in [-0.25, -0.2) is 0 Å². The van der Waals surface area contributed by atoms with Crippen LogP contribution in [0.4, 0.5) is 0 Å². The summed E-state index contributed by atoms with van der Waals surface area (Å²) in [5, 5.41) is 0. The predicted octanol–water partition coefficient (Wildman–Crippen LogP) is 2.63. The standard InChI is InChI=1S/C10H14O/c11-9-5-4-8-10-6-2-1-3-7-10/h4-5,8-9H,1-3,6-7H2/b5-4+. The average molecular weight is 150 g/mol. The summed E-state index contributed by atoms with van der Waals surface area (Å²) in [7, 11) is 0. The van der Waals surface area contributed by atoms with Gasteiger partial charge in [-0.1, -0.05) is 24.1 Å². The van der Waals surface area contributed by atoms with Crippen LogP contribution in [0.1, 0.15) is 32.1 Å². The first kappa shape index (κ1) is 8.25. The Morgan fingerprint density at radius 2 is 1.73 bits per heavy atom. The van der Waals surface area contributed by atoms with Gasteiger partial charge >= 0.3 is 0 Å². The van der Waals surface area contributed by atoms with Crippen LogP contribution in [0.2, 0.25) is 0 Å². The van der Waals surface area contributed by atoms with E-state index in [4.69, 9.17) is 0 Å². The van der Waals surface area contributed by atoms with Crippen LogP contribution in [0.5, 0.6) is 0 Å². The third kappa shape index (κ3) is 3.17. The van der Waals surface area contributed by atoms with Crippen LogP contribution in [-0.4, -0.2) is 6.29 Å². The monoisotopic (exact) mass is 150 g/mol. The summed E-state index contributed by atoms with van der Waals surface area (Å²) in [6.45, 7) is 0. The third-order valence-electron chi connectivity index (χ3n) is 2.02. The van der Waals surface area contributed by atoms with Crippen LogP contribution in [0.15, 0.2) is 23.8 Å².